The molecule has 0 amide bonds. The number of aliphatic carboxylic acids is 1. The Morgan fingerprint density at radius 2 is 1.59 bits per heavy atom. The van der Waals surface area contributed by atoms with Gasteiger partial charge in [-0.3, -0.25) is 10.1 Å². The van der Waals surface area contributed by atoms with Gasteiger partial charge in [0.25, 0.3) is 0 Å². The monoisotopic (exact) mass is 449 g/mol. The maximum atomic E-state index is 11.0. The minimum atomic E-state index is -1.10. The molecule has 1 atom stereocenters. The molecule has 162 valence electrons. The SMILES string of the molecule is O=C(O)C(CO)NCc1ccc(-c2nnc(-c3cccc(-c4ccccc4)c3Cl)o2)cc1. The van der Waals surface area contributed by atoms with E-state index in [-0.39, 0.29) is 0 Å². The number of aliphatic hydroxyl groups excluding tert-OH is 1. The normalized spacial score (nSPS) is 11.9. The zero-order chi connectivity index (χ0) is 22.5. The summed E-state index contributed by atoms with van der Waals surface area (Å²) in [6.45, 7) is -0.180. The topological polar surface area (TPSA) is 108 Å². The lowest BCUT2D eigenvalue weighted by atomic mass is 10.0. The van der Waals surface area contributed by atoms with Gasteiger partial charge in [0, 0.05) is 17.7 Å². The lowest BCUT2D eigenvalue weighted by Gasteiger charge is -2.11. The first-order chi connectivity index (χ1) is 15.6. The van der Waals surface area contributed by atoms with Crippen LogP contribution in [0.25, 0.3) is 34.0 Å². The number of nitrogens with zero attached hydrogens (tertiary/aromatic N) is 2. The highest BCUT2D eigenvalue weighted by Crippen LogP contribution is 2.36. The molecule has 3 aromatic carbocycles. The van der Waals surface area contributed by atoms with Crippen LogP contribution in [-0.4, -0.2) is 39.0 Å². The third-order valence-electron chi connectivity index (χ3n) is 4.97. The Morgan fingerprint density at radius 1 is 0.906 bits per heavy atom. The van der Waals surface area contributed by atoms with Crippen LogP contribution < -0.4 is 5.32 Å². The summed E-state index contributed by atoms with van der Waals surface area (Å²) in [6, 6.07) is 21.8. The highest BCUT2D eigenvalue weighted by Gasteiger charge is 2.17. The molecule has 0 radical (unpaired) electrons. The summed E-state index contributed by atoms with van der Waals surface area (Å²) in [6.07, 6.45) is 0. The molecule has 1 heterocycles. The Bertz CT molecular complexity index is 1210. The van der Waals surface area contributed by atoms with Gasteiger partial charge in [-0.1, -0.05) is 66.2 Å². The largest absolute Gasteiger partial charge is 0.480 e. The van der Waals surface area contributed by atoms with Crippen molar-refractivity contribution in [2.45, 2.75) is 12.6 Å². The number of halogens is 1. The molecule has 0 fully saturated rings. The number of carboxylic acids is 1. The van der Waals surface area contributed by atoms with Crippen LogP contribution in [0.1, 0.15) is 5.56 Å². The summed E-state index contributed by atoms with van der Waals surface area (Å²) in [4.78, 5) is 11.0. The standard InChI is InChI=1S/C24H20ClN3O4/c25-21-18(16-5-2-1-3-6-16)7-4-8-19(21)23-28-27-22(32-23)17-11-9-15(10-12-17)13-26-20(14-29)24(30)31/h1-12,20,26,29H,13-14H2,(H,30,31). The van der Waals surface area contributed by atoms with Gasteiger partial charge in [0.05, 0.1) is 17.2 Å². The number of hydrogen-bond donors (Lipinski definition) is 3. The third kappa shape index (κ3) is 4.70. The first-order valence-corrected chi connectivity index (χ1v) is 10.3. The molecule has 32 heavy (non-hydrogen) atoms. The van der Waals surface area contributed by atoms with Gasteiger partial charge in [0.2, 0.25) is 11.8 Å². The molecule has 0 aliphatic rings. The second-order valence-electron chi connectivity index (χ2n) is 7.10. The zero-order valence-electron chi connectivity index (χ0n) is 16.9. The van der Waals surface area contributed by atoms with Crippen molar-refractivity contribution in [1.29, 1.82) is 0 Å². The van der Waals surface area contributed by atoms with E-state index >= 15 is 0 Å². The molecule has 3 N–H and O–H groups in total. The summed E-state index contributed by atoms with van der Waals surface area (Å²) < 4.78 is 5.88. The van der Waals surface area contributed by atoms with E-state index in [1.165, 1.54) is 0 Å². The molecule has 8 heteroatoms. The van der Waals surface area contributed by atoms with E-state index < -0.39 is 18.6 Å². The van der Waals surface area contributed by atoms with Gasteiger partial charge in [-0.2, -0.15) is 0 Å². The number of carbonyl (C=O) groups is 1. The van der Waals surface area contributed by atoms with Crippen molar-refractivity contribution >= 4 is 17.6 Å². The van der Waals surface area contributed by atoms with Gasteiger partial charge in [-0.05, 0) is 29.3 Å². The summed E-state index contributed by atoms with van der Waals surface area (Å²) in [7, 11) is 0. The fourth-order valence-electron chi connectivity index (χ4n) is 3.22. The number of aromatic nitrogens is 2. The Labute approximate surface area is 189 Å². The van der Waals surface area contributed by atoms with Crippen LogP contribution in [0.2, 0.25) is 5.02 Å². The predicted molar refractivity (Wildman–Crippen MR) is 121 cm³/mol. The second-order valence-corrected chi connectivity index (χ2v) is 7.47. The van der Waals surface area contributed by atoms with Crippen molar-refractivity contribution in [3.05, 3.63) is 83.4 Å². The lowest BCUT2D eigenvalue weighted by Crippen LogP contribution is -2.39. The minimum Gasteiger partial charge on any atom is -0.480 e. The average Bonchev–Trinajstić information content (AvgIpc) is 3.30. The quantitative estimate of drug-likeness (QED) is 0.368. The van der Waals surface area contributed by atoms with E-state index in [0.717, 1.165) is 22.3 Å². The fraction of sp³-hybridized carbons (Fsp3) is 0.125. The molecule has 1 unspecified atom stereocenters. The Balaban J connectivity index is 1.53. The van der Waals surface area contributed by atoms with Crippen LogP contribution in [0, 0.1) is 0 Å². The maximum Gasteiger partial charge on any atom is 0.323 e. The van der Waals surface area contributed by atoms with Crippen LogP contribution >= 0.6 is 11.6 Å². The Morgan fingerprint density at radius 3 is 2.28 bits per heavy atom. The molecular formula is C24H20ClN3O4. The molecule has 4 rings (SSSR count). The highest BCUT2D eigenvalue weighted by molar-refractivity contribution is 6.35. The van der Waals surface area contributed by atoms with Gasteiger partial charge < -0.3 is 14.6 Å². The van der Waals surface area contributed by atoms with E-state index in [4.69, 9.17) is 26.2 Å². The van der Waals surface area contributed by atoms with Crippen LogP contribution in [0.5, 0.6) is 0 Å². The fourth-order valence-corrected chi connectivity index (χ4v) is 3.54. The van der Waals surface area contributed by atoms with Crippen molar-refractivity contribution in [1.82, 2.24) is 15.5 Å². The Hall–Kier alpha value is -3.52. The average molecular weight is 450 g/mol. The van der Waals surface area contributed by atoms with E-state index in [2.05, 4.69) is 15.5 Å². The van der Waals surface area contributed by atoms with Crippen LogP contribution in [0.15, 0.2) is 77.2 Å². The van der Waals surface area contributed by atoms with Crippen molar-refractivity contribution in [2.75, 3.05) is 6.61 Å². The van der Waals surface area contributed by atoms with Crippen molar-refractivity contribution in [3.8, 4) is 34.0 Å². The summed E-state index contributed by atoms with van der Waals surface area (Å²) >= 11 is 6.65. The molecule has 0 aliphatic heterocycles. The van der Waals surface area contributed by atoms with Gasteiger partial charge >= 0.3 is 5.97 Å². The molecule has 0 aliphatic carbocycles. The van der Waals surface area contributed by atoms with Gasteiger partial charge in [-0.25, -0.2) is 0 Å². The van der Waals surface area contributed by atoms with E-state index in [1.54, 1.807) is 0 Å². The van der Waals surface area contributed by atoms with Gasteiger partial charge in [-0.15, -0.1) is 10.2 Å². The van der Waals surface area contributed by atoms with Crippen LogP contribution in [-0.2, 0) is 11.3 Å². The number of carboxylic acid groups (broad SMARTS) is 1. The summed E-state index contributed by atoms with van der Waals surface area (Å²) in [5, 5.41) is 29.7. The number of benzene rings is 3. The van der Waals surface area contributed by atoms with E-state index in [9.17, 15) is 4.79 Å². The molecule has 0 saturated heterocycles. The Kier molecular flexibility index (Phi) is 6.61. The third-order valence-corrected chi connectivity index (χ3v) is 5.38. The highest BCUT2D eigenvalue weighted by atomic mass is 35.5. The maximum absolute atomic E-state index is 11.0. The van der Waals surface area contributed by atoms with Gasteiger partial charge in [0.15, 0.2) is 0 Å². The second kappa shape index (κ2) is 9.74. The number of hydrogen-bond acceptors (Lipinski definition) is 6. The molecule has 1 aromatic heterocycles. The van der Waals surface area contributed by atoms with E-state index in [0.29, 0.717) is 28.9 Å². The molecular weight excluding hydrogens is 430 g/mol. The molecule has 0 saturated carbocycles. The number of nitrogens with one attached hydrogen (secondary N) is 1. The smallest absolute Gasteiger partial charge is 0.323 e. The molecule has 0 spiro atoms. The number of rotatable bonds is 8. The van der Waals surface area contributed by atoms with Gasteiger partial charge in [0.1, 0.15) is 6.04 Å². The minimum absolute atomic E-state index is 0.300. The molecule has 0 bridgehead atoms. The number of aliphatic hydroxyl groups is 1. The van der Waals surface area contributed by atoms with Crippen molar-refractivity contribution in [3.63, 3.8) is 0 Å². The van der Waals surface area contributed by atoms with Crippen molar-refractivity contribution < 1.29 is 19.4 Å². The van der Waals surface area contributed by atoms with Crippen molar-refractivity contribution in [2.24, 2.45) is 0 Å². The van der Waals surface area contributed by atoms with Crippen LogP contribution in [0.4, 0.5) is 0 Å². The summed E-state index contributed by atoms with van der Waals surface area (Å²) in [5.41, 5.74) is 4.10. The summed E-state index contributed by atoms with van der Waals surface area (Å²) in [5.74, 6) is -0.433. The zero-order valence-corrected chi connectivity index (χ0v) is 17.7. The predicted octanol–water partition coefficient (Wildman–Crippen LogP) is 4.26. The van der Waals surface area contributed by atoms with E-state index in [1.807, 2.05) is 72.8 Å². The molecule has 4 aromatic rings. The molecule has 7 nitrogen and oxygen atoms in total. The first-order valence-electron chi connectivity index (χ1n) is 9.91. The first kappa shape index (κ1) is 21.7. The lowest BCUT2D eigenvalue weighted by molar-refractivity contribution is -0.140. The van der Waals surface area contributed by atoms with Crippen LogP contribution in [0.3, 0.4) is 0 Å².